The molecule has 13 heteroatoms. The topological polar surface area (TPSA) is 192 Å². The van der Waals surface area contributed by atoms with E-state index in [0.717, 1.165) is 77.0 Å². The molecule has 1 rings (SSSR count). The molecule has 0 radical (unpaired) electrons. The van der Waals surface area contributed by atoms with Crippen LogP contribution in [0.4, 0.5) is 0 Å². The first kappa shape index (κ1) is 64.3. The van der Waals surface area contributed by atoms with Crippen LogP contribution in [0.2, 0.25) is 0 Å². The van der Waals surface area contributed by atoms with E-state index in [0.29, 0.717) is 13.0 Å². The van der Waals surface area contributed by atoms with Gasteiger partial charge in [-0.3, -0.25) is 13.8 Å². The van der Waals surface area contributed by atoms with E-state index >= 15 is 0 Å². The highest BCUT2D eigenvalue weighted by Gasteiger charge is 2.51. The van der Waals surface area contributed by atoms with Gasteiger partial charge in [-0.15, -0.1) is 0 Å². The second kappa shape index (κ2) is 45.2. The summed E-state index contributed by atoms with van der Waals surface area (Å²) in [6.07, 6.45) is 44.6. The fourth-order valence-corrected chi connectivity index (χ4v) is 9.38. The average Bonchev–Trinajstić information content (AvgIpc) is 3.32. The van der Waals surface area contributed by atoms with E-state index < -0.39 is 63.1 Å². The van der Waals surface area contributed by atoms with Crippen molar-refractivity contribution in [2.24, 2.45) is 0 Å². The highest BCUT2D eigenvalue weighted by Crippen LogP contribution is 2.47. The summed E-state index contributed by atoms with van der Waals surface area (Å²) in [4.78, 5) is 23.3. The number of aliphatic hydroxyl groups is 5. The van der Waals surface area contributed by atoms with Crippen LogP contribution in [0.25, 0.3) is 0 Å². The molecule has 0 bridgehead atoms. The molecule has 0 aliphatic heterocycles. The highest BCUT2D eigenvalue weighted by molar-refractivity contribution is 7.47. The SMILES string of the molecule is CC/C=C\C/C=C\C/C=C\C/C=C\CCCCCCCCCCCOCC(COP(=O)(O)OC1C(O)C(O)C(O)C(O)C1O)OC(=O)CCCCCCCCCCCCCCCCCCCCC. The lowest BCUT2D eigenvalue weighted by molar-refractivity contribution is -0.220. The Morgan fingerprint density at radius 3 is 1.32 bits per heavy atom. The van der Waals surface area contributed by atoms with Gasteiger partial charge in [0.05, 0.1) is 13.2 Å². The molecule has 0 aromatic carbocycles. The van der Waals surface area contributed by atoms with Crippen molar-refractivity contribution in [2.75, 3.05) is 19.8 Å². The van der Waals surface area contributed by atoms with Gasteiger partial charge in [-0.25, -0.2) is 4.57 Å². The zero-order valence-electron chi connectivity index (χ0n) is 42.9. The van der Waals surface area contributed by atoms with Crippen molar-refractivity contribution in [3.8, 4) is 0 Å². The Balaban J connectivity index is 2.31. The van der Waals surface area contributed by atoms with Crippen LogP contribution in [0, 0.1) is 0 Å². The summed E-state index contributed by atoms with van der Waals surface area (Å²) in [6.45, 7) is 4.17. The van der Waals surface area contributed by atoms with Crippen LogP contribution in [0.1, 0.15) is 232 Å². The standard InChI is InChI=1S/C55H101O12P/c1-3-5-7-9-11-13-15-17-19-21-23-24-25-27-29-31-33-35-37-39-41-43-45-64-46-48(47-65-68(62,63)67-55-53(60)51(58)50(57)52(59)54(55)61)66-49(56)44-42-40-38-36-34-32-30-28-26-22-20-18-16-14-12-10-8-6-4-2/h5,7,11,13,17,19,23-24,48,50-55,57-61H,3-4,6,8-10,12,14-16,18,20-22,25-47H2,1-2H3,(H,62,63)/b7-5-,13-11-,19-17-,24-23-. The Bertz CT molecular complexity index is 1310. The molecule has 0 saturated heterocycles. The summed E-state index contributed by atoms with van der Waals surface area (Å²) >= 11 is 0. The van der Waals surface area contributed by atoms with E-state index in [1.165, 1.54) is 128 Å². The van der Waals surface area contributed by atoms with E-state index in [1.54, 1.807) is 0 Å². The minimum absolute atomic E-state index is 0.0792. The molecule has 6 unspecified atom stereocenters. The molecular weight excluding hydrogens is 884 g/mol. The zero-order chi connectivity index (χ0) is 49.8. The van der Waals surface area contributed by atoms with Crippen molar-refractivity contribution >= 4 is 13.8 Å². The summed E-state index contributed by atoms with van der Waals surface area (Å²) in [6, 6.07) is 0. The van der Waals surface area contributed by atoms with E-state index in [4.69, 9.17) is 18.5 Å². The van der Waals surface area contributed by atoms with Crippen molar-refractivity contribution in [1.82, 2.24) is 0 Å². The Kier molecular flexibility index (Phi) is 42.7. The number of phosphoric acid groups is 1. The smallest absolute Gasteiger partial charge is 0.457 e. The lowest BCUT2D eigenvalue weighted by Gasteiger charge is -2.41. The molecule has 1 aliphatic carbocycles. The average molecular weight is 985 g/mol. The molecule has 6 N–H and O–H groups in total. The molecule has 398 valence electrons. The van der Waals surface area contributed by atoms with Crippen LogP contribution in [0.5, 0.6) is 0 Å². The number of hydrogen-bond acceptors (Lipinski definition) is 11. The number of carbonyl (C=O) groups is 1. The molecule has 1 fully saturated rings. The number of hydrogen-bond donors (Lipinski definition) is 6. The maximum absolute atomic E-state index is 12.9. The monoisotopic (exact) mass is 985 g/mol. The Morgan fingerprint density at radius 1 is 0.485 bits per heavy atom. The second-order valence-electron chi connectivity index (χ2n) is 19.1. The van der Waals surface area contributed by atoms with Gasteiger partial charge in [0.25, 0.3) is 0 Å². The lowest BCUT2D eigenvalue weighted by atomic mass is 9.85. The molecule has 12 nitrogen and oxygen atoms in total. The van der Waals surface area contributed by atoms with E-state index in [1.807, 2.05) is 0 Å². The predicted octanol–water partition coefficient (Wildman–Crippen LogP) is 12.8. The van der Waals surface area contributed by atoms with Crippen LogP contribution in [0.3, 0.4) is 0 Å². The molecule has 68 heavy (non-hydrogen) atoms. The van der Waals surface area contributed by atoms with Gasteiger partial charge in [-0.1, -0.05) is 223 Å². The van der Waals surface area contributed by atoms with Crippen molar-refractivity contribution in [3.05, 3.63) is 48.6 Å². The molecule has 0 heterocycles. The summed E-state index contributed by atoms with van der Waals surface area (Å²) in [5.41, 5.74) is 0. The summed E-state index contributed by atoms with van der Waals surface area (Å²) in [7, 11) is -5.03. The van der Waals surface area contributed by atoms with Crippen LogP contribution in [-0.4, -0.2) is 98.9 Å². The minimum atomic E-state index is -5.03. The van der Waals surface area contributed by atoms with Gasteiger partial charge in [0.1, 0.15) is 42.7 Å². The lowest BCUT2D eigenvalue weighted by Crippen LogP contribution is -2.64. The molecule has 1 aliphatic rings. The third kappa shape index (κ3) is 36.3. The van der Waals surface area contributed by atoms with Gasteiger partial charge in [-0.05, 0) is 51.4 Å². The largest absolute Gasteiger partial charge is 0.472 e. The molecule has 0 amide bonds. The Morgan fingerprint density at radius 2 is 0.868 bits per heavy atom. The predicted molar refractivity (Wildman–Crippen MR) is 276 cm³/mol. The highest BCUT2D eigenvalue weighted by atomic mass is 31.2. The zero-order valence-corrected chi connectivity index (χ0v) is 43.8. The molecule has 0 aromatic heterocycles. The van der Waals surface area contributed by atoms with Gasteiger partial charge < -0.3 is 39.9 Å². The quantitative estimate of drug-likeness (QED) is 0.0147. The van der Waals surface area contributed by atoms with Crippen molar-refractivity contribution in [2.45, 2.75) is 275 Å². The first-order chi connectivity index (χ1) is 33.0. The normalized spacial score (nSPS) is 21.5. The number of unbranched alkanes of at least 4 members (excludes halogenated alkanes) is 27. The molecule has 0 spiro atoms. The second-order valence-corrected chi connectivity index (χ2v) is 20.5. The summed E-state index contributed by atoms with van der Waals surface area (Å²) in [5.74, 6) is -0.476. The third-order valence-electron chi connectivity index (χ3n) is 12.7. The number of allylic oxidation sites excluding steroid dienone is 8. The van der Waals surface area contributed by atoms with Gasteiger partial charge in [-0.2, -0.15) is 0 Å². The molecule has 1 saturated carbocycles. The number of aliphatic hydroxyl groups excluding tert-OH is 5. The first-order valence-electron chi connectivity index (χ1n) is 27.5. The number of phosphoric ester groups is 1. The number of rotatable bonds is 47. The molecule has 0 aromatic rings. The van der Waals surface area contributed by atoms with E-state index in [2.05, 4.69) is 62.5 Å². The maximum Gasteiger partial charge on any atom is 0.472 e. The van der Waals surface area contributed by atoms with Crippen molar-refractivity contribution in [1.29, 1.82) is 0 Å². The maximum atomic E-state index is 12.9. The van der Waals surface area contributed by atoms with Crippen LogP contribution in [0.15, 0.2) is 48.6 Å². The van der Waals surface area contributed by atoms with Crippen molar-refractivity contribution in [3.63, 3.8) is 0 Å². The van der Waals surface area contributed by atoms with Crippen molar-refractivity contribution < 1.29 is 58.3 Å². The summed E-state index contributed by atoms with van der Waals surface area (Å²) < 4.78 is 34.4. The van der Waals surface area contributed by atoms with E-state index in [-0.39, 0.29) is 13.0 Å². The fraction of sp³-hybridized carbons (Fsp3) is 0.836. The van der Waals surface area contributed by atoms with Gasteiger partial charge >= 0.3 is 13.8 Å². The van der Waals surface area contributed by atoms with Crippen LogP contribution in [-0.2, 0) is 27.9 Å². The Labute approximate surface area is 414 Å². The van der Waals surface area contributed by atoms with Gasteiger partial charge in [0.15, 0.2) is 0 Å². The number of carbonyl (C=O) groups excluding carboxylic acids is 1. The van der Waals surface area contributed by atoms with Crippen LogP contribution < -0.4 is 0 Å². The van der Waals surface area contributed by atoms with E-state index in [9.17, 15) is 39.8 Å². The minimum Gasteiger partial charge on any atom is -0.457 e. The summed E-state index contributed by atoms with van der Waals surface area (Å²) in [5, 5.41) is 50.4. The molecule has 6 atom stereocenters. The number of ether oxygens (including phenoxy) is 2. The first-order valence-corrected chi connectivity index (χ1v) is 29.0. The Hall–Kier alpha value is -1.70. The number of esters is 1. The van der Waals surface area contributed by atoms with Gasteiger partial charge in [0, 0.05) is 13.0 Å². The fourth-order valence-electron chi connectivity index (χ4n) is 8.41. The van der Waals surface area contributed by atoms with Crippen LogP contribution >= 0.6 is 7.82 Å². The van der Waals surface area contributed by atoms with Gasteiger partial charge in [0.2, 0.25) is 0 Å². The molecular formula is C55H101O12P. The third-order valence-corrected chi connectivity index (χ3v) is 13.7.